The van der Waals surface area contributed by atoms with Gasteiger partial charge in [0.15, 0.2) is 5.78 Å². The van der Waals surface area contributed by atoms with Gasteiger partial charge in [-0.15, -0.1) is 0 Å². The molecule has 1 aromatic heterocycles. The SMILES string of the molecule is CCCCCC(=O)c1c[nH]c(C(=O)OCC)c1. The van der Waals surface area contributed by atoms with Gasteiger partial charge in [0.25, 0.3) is 0 Å². The van der Waals surface area contributed by atoms with E-state index in [-0.39, 0.29) is 5.78 Å². The number of unbranched alkanes of at least 4 members (excludes halogenated alkanes) is 2. The van der Waals surface area contributed by atoms with E-state index in [1.165, 1.54) is 0 Å². The second kappa shape index (κ2) is 6.89. The molecule has 0 aromatic carbocycles. The summed E-state index contributed by atoms with van der Waals surface area (Å²) in [6.45, 7) is 4.18. The fourth-order valence-electron chi connectivity index (χ4n) is 1.56. The average Bonchev–Trinajstić information content (AvgIpc) is 2.79. The van der Waals surface area contributed by atoms with E-state index in [9.17, 15) is 9.59 Å². The fraction of sp³-hybridized carbons (Fsp3) is 0.538. The Morgan fingerprint density at radius 2 is 2.06 bits per heavy atom. The largest absolute Gasteiger partial charge is 0.461 e. The Morgan fingerprint density at radius 1 is 1.29 bits per heavy atom. The lowest BCUT2D eigenvalue weighted by Crippen LogP contribution is -2.04. The number of ether oxygens (including phenoxy) is 1. The summed E-state index contributed by atoms with van der Waals surface area (Å²) < 4.78 is 4.84. The highest BCUT2D eigenvalue weighted by atomic mass is 16.5. The molecule has 0 aliphatic rings. The third-order valence-electron chi connectivity index (χ3n) is 2.51. The molecule has 0 unspecified atom stereocenters. The normalized spacial score (nSPS) is 10.2. The van der Waals surface area contributed by atoms with Crippen LogP contribution in [0.4, 0.5) is 0 Å². The third-order valence-corrected chi connectivity index (χ3v) is 2.51. The molecule has 0 aliphatic heterocycles. The van der Waals surface area contributed by atoms with Gasteiger partial charge in [0.1, 0.15) is 5.69 Å². The van der Waals surface area contributed by atoms with Crippen LogP contribution in [0.15, 0.2) is 12.3 Å². The molecule has 1 N–H and O–H groups in total. The van der Waals surface area contributed by atoms with Gasteiger partial charge in [0.2, 0.25) is 0 Å². The van der Waals surface area contributed by atoms with Gasteiger partial charge in [-0.25, -0.2) is 4.79 Å². The molecular formula is C13H19NO3. The van der Waals surface area contributed by atoms with Crippen LogP contribution < -0.4 is 0 Å². The van der Waals surface area contributed by atoms with Gasteiger partial charge in [0.05, 0.1) is 6.61 Å². The molecule has 1 heterocycles. The van der Waals surface area contributed by atoms with E-state index in [1.807, 2.05) is 0 Å². The number of hydrogen-bond donors (Lipinski definition) is 1. The predicted molar refractivity (Wildman–Crippen MR) is 65.2 cm³/mol. The van der Waals surface area contributed by atoms with Gasteiger partial charge in [-0.1, -0.05) is 19.8 Å². The molecule has 0 fully saturated rings. The van der Waals surface area contributed by atoms with Crippen molar-refractivity contribution in [2.45, 2.75) is 39.5 Å². The standard InChI is InChI=1S/C13H19NO3/c1-3-5-6-7-12(15)10-8-11(14-9-10)13(16)17-4-2/h8-9,14H,3-7H2,1-2H3. The molecule has 0 saturated heterocycles. The monoisotopic (exact) mass is 237 g/mol. The number of aromatic nitrogens is 1. The van der Waals surface area contributed by atoms with Crippen LogP contribution in [0.2, 0.25) is 0 Å². The van der Waals surface area contributed by atoms with E-state index in [0.29, 0.717) is 24.3 Å². The first-order chi connectivity index (χ1) is 8.19. The molecule has 0 amide bonds. The van der Waals surface area contributed by atoms with Crippen molar-refractivity contribution >= 4 is 11.8 Å². The number of rotatable bonds is 7. The van der Waals surface area contributed by atoms with Crippen LogP contribution in [0.3, 0.4) is 0 Å². The summed E-state index contributed by atoms with van der Waals surface area (Å²) in [5.41, 5.74) is 0.898. The Kier molecular flexibility index (Phi) is 5.46. The van der Waals surface area contributed by atoms with Crippen molar-refractivity contribution in [2.75, 3.05) is 6.61 Å². The van der Waals surface area contributed by atoms with Crippen molar-refractivity contribution in [3.05, 3.63) is 23.5 Å². The lowest BCUT2D eigenvalue weighted by Gasteiger charge is -1.97. The smallest absolute Gasteiger partial charge is 0.354 e. The van der Waals surface area contributed by atoms with Crippen LogP contribution in [0.25, 0.3) is 0 Å². The van der Waals surface area contributed by atoms with E-state index in [0.717, 1.165) is 19.3 Å². The molecule has 4 heteroatoms. The predicted octanol–water partition coefficient (Wildman–Crippen LogP) is 2.95. The number of esters is 1. The van der Waals surface area contributed by atoms with Gasteiger partial charge in [-0.3, -0.25) is 4.79 Å². The summed E-state index contributed by atoms with van der Waals surface area (Å²) >= 11 is 0. The second-order valence-corrected chi connectivity index (χ2v) is 3.90. The van der Waals surface area contributed by atoms with Crippen molar-refractivity contribution in [3.8, 4) is 0 Å². The molecule has 0 atom stereocenters. The molecule has 17 heavy (non-hydrogen) atoms. The first-order valence-corrected chi connectivity index (χ1v) is 6.07. The maximum absolute atomic E-state index is 11.7. The Morgan fingerprint density at radius 3 is 2.71 bits per heavy atom. The summed E-state index contributed by atoms with van der Waals surface area (Å²) in [5.74, 6) is -0.342. The van der Waals surface area contributed by atoms with Crippen LogP contribution in [0.5, 0.6) is 0 Å². The van der Waals surface area contributed by atoms with Gasteiger partial charge in [-0.2, -0.15) is 0 Å². The van der Waals surface area contributed by atoms with Crippen molar-refractivity contribution in [1.82, 2.24) is 4.98 Å². The quantitative estimate of drug-likeness (QED) is 0.450. The van der Waals surface area contributed by atoms with Gasteiger partial charge in [-0.05, 0) is 19.4 Å². The fourth-order valence-corrected chi connectivity index (χ4v) is 1.56. The zero-order valence-electron chi connectivity index (χ0n) is 10.4. The topological polar surface area (TPSA) is 59.2 Å². The molecule has 94 valence electrons. The lowest BCUT2D eigenvalue weighted by atomic mass is 10.1. The molecule has 0 saturated carbocycles. The van der Waals surface area contributed by atoms with E-state index in [4.69, 9.17) is 4.74 Å². The maximum Gasteiger partial charge on any atom is 0.354 e. The van der Waals surface area contributed by atoms with Crippen LogP contribution in [0, 0.1) is 0 Å². The number of nitrogens with one attached hydrogen (secondary N) is 1. The number of Topliss-reactive ketones (excluding diaryl/α,β-unsaturated/α-hetero) is 1. The van der Waals surface area contributed by atoms with Crippen molar-refractivity contribution in [3.63, 3.8) is 0 Å². The number of H-pyrrole nitrogens is 1. The summed E-state index contributed by atoms with van der Waals surface area (Å²) in [6, 6.07) is 1.56. The number of aromatic amines is 1. The molecular weight excluding hydrogens is 218 g/mol. The minimum Gasteiger partial charge on any atom is -0.461 e. The molecule has 1 aromatic rings. The van der Waals surface area contributed by atoms with E-state index < -0.39 is 5.97 Å². The molecule has 0 radical (unpaired) electrons. The number of carbonyl (C=O) groups excluding carboxylic acids is 2. The highest BCUT2D eigenvalue weighted by Gasteiger charge is 2.13. The van der Waals surface area contributed by atoms with Crippen molar-refractivity contribution < 1.29 is 14.3 Å². The summed E-state index contributed by atoms with van der Waals surface area (Å²) in [7, 11) is 0. The third kappa shape index (κ3) is 4.06. The zero-order valence-corrected chi connectivity index (χ0v) is 10.4. The van der Waals surface area contributed by atoms with Crippen LogP contribution in [-0.2, 0) is 4.74 Å². The second-order valence-electron chi connectivity index (χ2n) is 3.90. The van der Waals surface area contributed by atoms with Gasteiger partial charge in [0, 0.05) is 18.2 Å². The molecule has 0 aliphatic carbocycles. The van der Waals surface area contributed by atoms with E-state index in [2.05, 4.69) is 11.9 Å². The Hall–Kier alpha value is -1.58. The first-order valence-electron chi connectivity index (χ1n) is 6.07. The lowest BCUT2D eigenvalue weighted by molar-refractivity contribution is 0.0520. The Bertz CT molecular complexity index is 382. The Balaban J connectivity index is 2.55. The van der Waals surface area contributed by atoms with E-state index >= 15 is 0 Å². The van der Waals surface area contributed by atoms with Gasteiger partial charge < -0.3 is 9.72 Å². The maximum atomic E-state index is 11.7. The van der Waals surface area contributed by atoms with Crippen LogP contribution in [0.1, 0.15) is 60.4 Å². The highest BCUT2D eigenvalue weighted by Crippen LogP contribution is 2.10. The zero-order chi connectivity index (χ0) is 12.7. The molecule has 0 bridgehead atoms. The molecule has 1 rings (SSSR count). The minimum atomic E-state index is -0.417. The van der Waals surface area contributed by atoms with Gasteiger partial charge >= 0.3 is 5.97 Å². The average molecular weight is 237 g/mol. The van der Waals surface area contributed by atoms with Crippen molar-refractivity contribution in [1.29, 1.82) is 0 Å². The summed E-state index contributed by atoms with van der Waals surface area (Å²) in [4.78, 5) is 25.9. The first kappa shape index (κ1) is 13.5. The number of hydrogen-bond acceptors (Lipinski definition) is 3. The number of carbonyl (C=O) groups is 2. The minimum absolute atomic E-state index is 0.0743. The summed E-state index contributed by atoms with van der Waals surface area (Å²) in [6.07, 6.45) is 5.15. The summed E-state index contributed by atoms with van der Waals surface area (Å²) in [5, 5.41) is 0. The number of ketones is 1. The van der Waals surface area contributed by atoms with Crippen LogP contribution >= 0.6 is 0 Å². The molecule has 0 spiro atoms. The molecule has 4 nitrogen and oxygen atoms in total. The van der Waals surface area contributed by atoms with Crippen molar-refractivity contribution in [2.24, 2.45) is 0 Å². The Labute approximate surface area is 101 Å². The highest BCUT2D eigenvalue weighted by molar-refractivity contribution is 5.98. The van der Waals surface area contributed by atoms with E-state index in [1.54, 1.807) is 19.2 Å². The van der Waals surface area contributed by atoms with Crippen LogP contribution in [-0.4, -0.2) is 23.3 Å².